The Labute approximate surface area is 131 Å². The summed E-state index contributed by atoms with van der Waals surface area (Å²) in [5, 5.41) is 25.5. The van der Waals surface area contributed by atoms with Gasteiger partial charge in [-0.25, -0.2) is 0 Å². The second-order valence-corrected chi connectivity index (χ2v) is 4.34. The second kappa shape index (κ2) is 6.82. The van der Waals surface area contributed by atoms with E-state index in [1.165, 1.54) is 6.20 Å². The highest BCUT2D eigenvalue weighted by Crippen LogP contribution is 2.29. The van der Waals surface area contributed by atoms with Gasteiger partial charge in [-0.2, -0.15) is 10.5 Å². The zero-order chi connectivity index (χ0) is 15.9. The highest BCUT2D eigenvalue weighted by atomic mass is 16.5. The van der Waals surface area contributed by atoms with Crippen molar-refractivity contribution in [1.29, 1.82) is 5.26 Å². The van der Waals surface area contributed by atoms with Crippen LogP contribution in [0.4, 0.5) is 5.69 Å². The first-order chi connectivity index (χ1) is 11.4. The molecule has 2 N–H and O–H groups in total. The lowest BCUT2D eigenvalue weighted by Gasteiger charge is -2.10. The molecule has 0 fully saturated rings. The number of tetrazole rings is 1. The third-order valence-electron chi connectivity index (χ3n) is 2.83. The number of nitrogens with one attached hydrogen (secondary N) is 2. The number of pyridine rings is 1. The Hall–Kier alpha value is -3.73. The van der Waals surface area contributed by atoms with Crippen LogP contribution in [0.15, 0.2) is 55.0 Å². The fraction of sp³-hybridized carbons (Fsp3) is 0. The Morgan fingerprint density at radius 1 is 1.26 bits per heavy atom. The highest BCUT2D eigenvalue weighted by molar-refractivity contribution is 5.74. The highest BCUT2D eigenvalue weighted by Gasteiger charge is 2.07. The second-order valence-electron chi connectivity index (χ2n) is 4.34. The summed E-state index contributed by atoms with van der Waals surface area (Å²) in [6.07, 6.45) is 4.78. The molecule has 3 aromatic rings. The number of nitriles is 1. The molecule has 0 atom stereocenters. The number of rotatable bonds is 5. The zero-order valence-electron chi connectivity index (χ0n) is 11.8. The van der Waals surface area contributed by atoms with Crippen LogP contribution in [0.2, 0.25) is 0 Å². The monoisotopic (exact) mass is 305 g/mol. The van der Waals surface area contributed by atoms with Crippen LogP contribution in [-0.4, -0.2) is 25.6 Å². The summed E-state index contributed by atoms with van der Waals surface area (Å²) < 4.78 is 5.78. The lowest BCUT2D eigenvalue weighted by molar-refractivity contribution is 0.482. The van der Waals surface area contributed by atoms with Crippen LogP contribution in [0, 0.1) is 11.3 Å². The van der Waals surface area contributed by atoms with Crippen molar-refractivity contribution >= 4 is 11.3 Å². The van der Waals surface area contributed by atoms with E-state index in [1.807, 2.05) is 30.3 Å². The molecule has 0 unspecified atom stereocenters. The average Bonchev–Trinajstić information content (AvgIpc) is 3.12. The predicted molar refractivity (Wildman–Crippen MR) is 82.1 cm³/mol. The number of hydrogen-bond donors (Lipinski definition) is 2. The Morgan fingerprint density at radius 3 is 2.91 bits per heavy atom. The Bertz CT molecular complexity index is 838. The molecule has 23 heavy (non-hydrogen) atoms. The molecule has 0 aliphatic rings. The summed E-state index contributed by atoms with van der Waals surface area (Å²) in [4.78, 5) is 4.00. The van der Waals surface area contributed by atoms with Gasteiger partial charge in [-0.15, -0.1) is 10.2 Å². The van der Waals surface area contributed by atoms with Crippen LogP contribution < -0.4 is 10.1 Å². The summed E-state index contributed by atoms with van der Waals surface area (Å²) in [5.74, 6) is 1.43. The smallest absolute Gasteiger partial charge is 0.216 e. The van der Waals surface area contributed by atoms with Crippen LogP contribution in [0.25, 0.3) is 5.57 Å². The number of benzene rings is 1. The molecule has 0 bridgehead atoms. The van der Waals surface area contributed by atoms with Gasteiger partial charge in [0, 0.05) is 12.4 Å². The minimum absolute atomic E-state index is 0.214. The van der Waals surface area contributed by atoms with E-state index >= 15 is 0 Å². The number of hydrogen-bond acceptors (Lipinski definition) is 7. The van der Waals surface area contributed by atoms with Gasteiger partial charge in [-0.3, -0.25) is 4.98 Å². The largest absolute Gasteiger partial charge is 0.454 e. The van der Waals surface area contributed by atoms with Gasteiger partial charge in [0.15, 0.2) is 5.75 Å². The maximum absolute atomic E-state index is 9.16. The molecule has 0 saturated carbocycles. The van der Waals surface area contributed by atoms with Gasteiger partial charge in [-0.05, 0) is 29.5 Å². The Kier molecular flexibility index (Phi) is 4.21. The van der Waals surface area contributed by atoms with Gasteiger partial charge in [0.05, 0.1) is 11.9 Å². The minimum atomic E-state index is 0.214. The van der Waals surface area contributed by atoms with Crippen molar-refractivity contribution < 1.29 is 4.74 Å². The van der Waals surface area contributed by atoms with Crippen molar-refractivity contribution in [3.63, 3.8) is 0 Å². The fourth-order valence-electron chi connectivity index (χ4n) is 1.78. The van der Waals surface area contributed by atoms with Crippen LogP contribution in [-0.2, 0) is 0 Å². The fourth-order valence-corrected chi connectivity index (χ4v) is 1.78. The van der Waals surface area contributed by atoms with Crippen molar-refractivity contribution in [2.45, 2.75) is 0 Å². The summed E-state index contributed by atoms with van der Waals surface area (Å²) in [6.45, 7) is 0. The molecule has 0 amide bonds. The number of H-pyrrole nitrogens is 1. The Balaban J connectivity index is 1.82. The van der Waals surface area contributed by atoms with E-state index in [4.69, 9.17) is 10.00 Å². The van der Waals surface area contributed by atoms with Crippen molar-refractivity contribution in [1.82, 2.24) is 25.6 Å². The van der Waals surface area contributed by atoms with Crippen LogP contribution in [0.3, 0.4) is 0 Å². The van der Waals surface area contributed by atoms with E-state index in [0.717, 1.165) is 0 Å². The third-order valence-corrected chi connectivity index (χ3v) is 2.83. The van der Waals surface area contributed by atoms with E-state index in [0.29, 0.717) is 17.2 Å². The summed E-state index contributed by atoms with van der Waals surface area (Å²) in [7, 11) is 0. The molecule has 0 spiro atoms. The number of anilines is 1. The minimum Gasteiger partial charge on any atom is -0.454 e. The van der Waals surface area contributed by atoms with Crippen LogP contribution in [0.1, 0.15) is 5.82 Å². The number of allylic oxidation sites excluding steroid dienone is 1. The first-order valence-corrected chi connectivity index (χ1v) is 6.64. The average molecular weight is 305 g/mol. The first kappa shape index (κ1) is 14.2. The van der Waals surface area contributed by atoms with Crippen molar-refractivity contribution in [2.75, 3.05) is 5.32 Å². The van der Waals surface area contributed by atoms with Gasteiger partial charge < -0.3 is 10.1 Å². The molecule has 0 aliphatic heterocycles. The summed E-state index contributed by atoms with van der Waals surface area (Å²) >= 11 is 0. The number of ether oxygens (including phenoxy) is 1. The maximum atomic E-state index is 9.16. The van der Waals surface area contributed by atoms with Gasteiger partial charge >= 0.3 is 0 Å². The van der Waals surface area contributed by atoms with E-state index in [-0.39, 0.29) is 11.4 Å². The van der Waals surface area contributed by atoms with E-state index < -0.39 is 0 Å². The normalized spacial score (nSPS) is 10.8. The molecule has 1 aromatic carbocycles. The molecule has 2 heterocycles. The van der Waals surface area contributed by atoms with Gasteiger partial charge in [0.2, 0.25) is 5.82 Å². The molecule has 0 aliphatic carbocycles. The van der Waals surface area contributed by atoms with Crippen molar-refractivity contribution in [3.8, 4) is 17.6 Å². The molecule has 8 heteroatoms. The van der Waals surface area contributed by atoms with Crippen molar-refractivity contribution in [3.05, 3.63) is 60.8 Å². The van der Waals surface area contributed by atoms with E-state index in [1.54, 1.807) is 24.5 Å². The standard InChI is InChI=1S/C15H11N7O/c16-8-11(15-19-21-22-20-15)9-18-13-5-1-2-6-14(13)23-12-4-3-7-17-10-12/h1-7,9-10,18H,(H,19,20,21,22). The molecular weight excluding hydrogens is 294 g/mol. The summed E-state index contributed by atoms with van der Waals surface area (Å²) in [6, 6.07) is 12.9. The molecule has 2 aromatic heterocycles. The van der Waals surface area contributed by atoms with Gasteiger partial charge in [-0.1, -0.05) is 12.1 Å². The lowest BCUT2D eigenvalue weighted by Crippen LogP contribution is -1.95. The van der Waals surface area contributed by atoms with Crippen molar-refractivity contribution in [2.24, 2.45) is 0 Å². The first-order valence-electron chi connectivity index (χ1n) is 6.64. The number of nitrogens with zero attached hydrogens (tertiary/aromatic N) is 5. The van der Waals surface area contributed by atoms with Crippen LogP contribution in [0.5, 0.6) is 11.5 Å². The van der Waals surface area contributed by atoms with E-state index in [9.17, 15) is 0 Å². The molecule has 8 nitrogen and oxygen atoms in total. The molecule has 0 radical (unpaired) electrons. The molecule has 0 saturated heterocycles. The Morgan fingerprint density at radius 2 is 2.17 bits per heavy atom. The third kappa shape index (κ3) is 3.48. The quantitative estimate of drug-likeness (QED) is 0.696. The molecular formula is C15H11N7O. The van der Waals surface area contributed by atoms with Crippen LogP contribution >= 0.6 is 0 Å². The number of aromatic amines is 1. The number of aromatic nitrogens is 5. The molecule has 112 valence electrons. The predicted octanol–water partition coefficient (Wildman–Crippen LogP) is 2.36. The van der Waals surface area contributed by atoms with Gasteiger partial charge in [0.25, 0.3) is 0 Å². The summed E-state index contributed by atoms with van der Waals surface area (Å²) in [5.41, 5.74) is 0.933. The SMILES string of the molecule is N#CC(=CNc1ccccc1Oc1cccnc1)c1nn[nH]n1. The van der Waals surface area contributed by atoms with Gasteiger partial charge in [0.1, 0.15) is 17.4 Å². The number of para-hydroxylation sites is 2. The lowest BCUT2D eigenvalue weighted by atomic mass is 10.2. The molecule has 3 rings (SSSR count). The van der Waals surface area contributed by atoms with E-state index in [2.05, 4.69) is 30.9 Å². The topological polar surface area (TPSA) is 112 Å². The zero-order valence-corrected chi connectivity index (χ0v) is 11.8. The maximum Gasteiger partial charge on any atom is 0.216 e.